The number of thiazole rings is 1. The molecule has 1 amide bonds. The van der Waals surface area contributed by atoms with Crippen molar-refractivity contribution in [1.82, 2.24) is 10.3 Å². The standard InChI is InChI=1S/C20H20N2O2S/c1-24-17-9-7-16(8-10-17)18-14-25-20(22-18)11-12-21-19(23)13-15-5-3-2-4-6-15/h2-10,14H,11-13H2,1H3,(H,21,23). The van der Waals surface area contributed by atoms with Crippen molar-refractivity contribution in [3.05, 3.63) is 70.5 Å². The Morgan fingerprint density at radius 2 is 1.88 bits per heavy atom. The molecule has 1 heterocycles. The molecule has 0 fully saturated rings. The molecular formula is C20H20N2O2S. The Labute approximate surface area is 151 Å². The highest BCUT2D eigenvalue weighted by atomic mass is 32.1. The van der Waals surface area contributed by atoms with Crippen LogP contribution in [0.3, 0.4) is 0 Å². The summed E-state index contributed by atoms with van der Waals surface area (Å²) in [6.45, 7) is 0.598. The number of benzene rings is 2. The van der Waals surface area contributed by atoms with Gasteiger partial charge in [-0.15, -0.1) is 11.3 Å². The Morgan fingerprint density at radius 1 is 1.12 bits per heavy atom. The van der Waals surface area contributed by atoms with Crippen LogP contribution >= 0.6 is 11.3 Å². The van der Waals surface area contributed by atoms with Crippen molar-refractivity contribution in [3.8, 4) is 17.0 Å². The fourth-order valence-electron chi connectivity index (χ4n) is 2.47. The van der Waals surface area contributed by atoms with Gasteiger partial charge < -0.3 is 10.1 Å². The third kappa shape index (κ3) is 4.90. The van der Waals surface area contributed by atoms with Crippen LogP contribution in [0.5, 0.6) is 5.75 Å². The number of ether oxygens (including phenoxy) is 1. The molecule has 0 unspecified atom stereocenters. The lowest BCUT2D eigenvalue weighted by molar-refractivity contribution is -0.120. The molecular weight excluding hydrogens is 332 g/mol. The summed E-state index contributed by atoms with van der Waals surface area (Å²) in [7, 11) is 1.65. The monoisotopic (exact) mass is 352 g/mol. The van der Waals surface area contributed by atoms with E-state index in [-0.39, 0.29) is 5.91 Å². The Kier molecular flexibility index (Phi) is 5.80. The molecule has 0 aliphatic heterocycles. The molecule has 0 aliphatic carbocycles. The lowest BCUT2D eigenvalue weighted by Crippen LogP contribution is -2.27. The van der Waals surface area contributed by atoms with Crippen molar-refractivity contribution >= 4 is 17.2 Å². The van der Waals surface area contributed by atoms with Crippen LogP contribution in [-0.2, 0) is 17.6 Å². The Morgan fingerprint density at radius 3 is 2.60 bits per heavy atom. The molecule has 2 aromatic carbocycles. The summed E-state index contributed by atoms with van der Waals surface area (Å²) in [4.78, 5) is 16.6. The highest BCUT2D eigenvalue weighted by Crippen LogP contribution is 2.24. The van der Waals surface area contributed by atoms with Crippen molar-refractivity contribution < 1.29 is 9.53 Å². The SMILES string of the molecule is COc1ccc(-c2csc(CCNC(=O)Cc3ccccc3)n2)cc1. The van der Waals surface area contributed by atoms with Gasteiger partial charge in [0, 0.05) is 23.9 Å². The topological polar surface area (TPSA) is 51.2 Å². The summed E-state index contributed by atoms with van der Waals surface area (Å²) in [5, 5.41) is 6.02. The van der Waals surface area contributed by atoms with E-state index in [1.54, 1.807) is 18.4 Å². The van der Waals surface area contributed by atoms with Gasteiger partial charge in [0.2, 0.25) is 5.91 Å². The number of carbonyl (C=O) groups excluding carboxylic acids is 1. The van der Waals surface area contributed by atoms with E-state index in [1.165, 1.54) is 0 Å². The largest absolute Gasteiger partial charge is 0.497 e. The van der Waals surface area contributed by atoms with Crippen LogP contribution in [0.2, 0.25) is 0 Å². The van der Waals surface area contributed by atoms with Gasteiger partial charge in [0.05, 0.1) is 24.2 Å². The molecule has 0 spiro atoms. The Hall–Kier alpha value is -2.66. The van der Waals surface area contributed by atoms with Crippen molar-refractivity contribution in [3.63, 3.8) is 0 Å². The molecule has 0 radical (unpaired) electrons. The highest BCUT2D eigenvalue weighted by molar-refractivity contribution is 7.09. The number of hydrogen-bond donors (Lipinski definition) is 1. The number of rotatable bonds is 7. The molecule has 128 valence electrons. The summed E-state index contributed by atoms with van der Waals surface area (Å²) in [5.41, 5.74) is 3.05. The predicted molar refractivity (Wildman–Crippen MR) is 101 cm³/mol. The van der Waals surface area contributed by atoms with E-state index in [0.29, 0.717) is 13.0 Å². The van der Waals surface area contributed by atoms with Gasteiger partial charge in [-0.25, -0.2) is 4.98 Å². The van der Waals surface area contributed by atoms with Crippen LogP contribution in [0.25, 0.3) is 11.3 Å². The fourth-order valence-corrected chi connectivity index (χ4v) is 3.28. The maximum atomic E-state index is 11.9. The number of carbonyl (C=O) groups is 1. The van der Waals surface area contributed by atoms with Crippen LogP contribution in [0.1, 0.15) is 10.6 Å². The van der Waals surface area contributed by atoms with Crippen LogP contribution < -0.4 is 10.1 Å². The van der Waals surface area contributed by atoms with Gasteiger partial charge in [0.1, 0.15) is 5.75 Å². The first kappa shape index (κ1) is 17.2. The molecule has 0 saturated heterocycles. The molecule has 1 aromatic heterocycles. The third-order valence-corrected chi connectivity index (χ3v) is 4.71. The summed E-state index contributed by atoms with van der Waals surface area (Å²) >= 11 is 1.62. The molecule has 3 rings (SSSR count). The van der Waals surface area contributed by atoms with Gasteiger partial charge in [-0.3, -0.25) is 4.79 Å². The number of nitrogens with one attached hydrogen (secondary N) is 1. The second-order valence-corrected chi connectivity index (χ2v) is 6.56. The van der Waals surface area contributed by atoms with Crippen LogP contribution in [0, 0.1) is 0 Å². The minimum absolute atomic E-state index is 0.0399. The maximum Gasteiger partial charge on any atom is 0.224 e. The summed E-state index contributed by atoms with van der Waals surface area (Å²) in [6, 6.07) is 17.6. The van der Waals surface area contributed by atoms with Crippen molar-refractivity contribution in [2.45, 2.75) is 12.8 Å². The highest BCUT2D eigenvalue weighted by Gasteiger charge is 2.07. The van der Waals surface area contributed by atoms with E-state index in [4.69, 9.17) is 4.74 Å². The number of methoxy groups -OCH3 is 1. The Balaban J connectivity index is 1.49. The lowest BCUT2D eigenvalue weighted by Gasteiger charge is -2.04. The number of amides is 1. The zero-order valence-electron chi connectivity index (χ0n) is 14.1. The average molecular weight is 352 g/mol. The maximum absolute atomic E-state index is 11.9. The molecule has 0 saturated carbocycles. The van der Waals surface area contributed by atoms with Crippen molar-refractivity contribution in [2.75, 3.05) is 13.7 Å². The van der Waals surface area contributed by atoms with Gasteiger partial charge in [0.25, 0.3) is 0 Å². The zero-order valence-corrected chi connectivity index (χ0v) is 14.9. The first-order chi connectivity index (χ1) is 12.2. The number of aromatic nitrogens is 1. The number of nitrogens with zero attached hydrogens (tertiary/aromatic N) is 1. The molecule has 25 heavy (non-hydrogen) atoms. The fraction of sp³-hybridized carbons (Fsp3) is 0.200. The van der Waals surface area contributed by atoms with Crippen molar-refractivity contribution in [1.29, 1.82) is 0 Å². The third-order valence-electron chi connectivity index (χ3n) is 3.81. The predicted octanol–water partition coefficient (Wildman–Crippen LogP) is 3.72. The summed E-state index contributed by atoms with van der Waals surface area (Å²) < 4.78 is 5.17. The van der Waals surface area contributed by atoms with E-state index < -0.39 is 0 Å². The smallest absolute Gasteiger partial charge is 0.224 e. The summed E-state index contributed by atoms with van der Waals surface area (Å²) in [6.07, 6.45) is 1.15. The van der Waals surface area contributed by atoms with E-state index in [2.05, 4.69) is 10.3 Å². The molecule has 5 heteroatoms. The first-order valence-electron chi connectivity index (χ1n) is 8.14. The molecule has 0 atom stereocenters. The average Bonchev–Trinajstić information content (AvgIpc) is 3.11. The van der Waals surface area contributed by atoms with Crippen LogP contribution in [0.15, 0.2) is 60.0 Å². The molecule has 0 aliphatic rings. The van der Waals surface area contributed by atoms with Gasteiger partial charge in [0.15, 0.2) is 0 Å². The zero-order chi connectivity index (χ0) is 17.5. The second-order valence-electron chi connectivity index (χ2n) is 5.62. The minimum Gasteiger partial charge on any atom is -0.497 e. The van der Waals surface area contributed by atoms with Gasteiger partial charge >= 0.3 is 0 Å². The van der Waals surface area contributed by atoms with Crippen molar-refractivity contribution in [2.24, 2.45) is 0 Å². The van der Waals surface area contributed by atoms with Gasteiger partial charge in [-0.2, -0.15) is 0 Å². The quantitative estimate of drug-likeness (QED) is 0.705. The first-order valence-corrected chi connectivity index (χ1v) is 9.02. The Bertz CT molecular complexity index is 813. The van der Waals surface area contributed by atoms with E-state index in [0.717, 1.165) is 34.0 Å². The second kappa shape index (κ2) is 8.44. The lowest BCUT2D eigenvalue weighted by atomic mass is 10.1. The van der Waals surface area contributed by atoms with E-state index in [9.17, 15) is 4.79 Å². The van der Waals surface area contributed by atoms with E-state index in [1.807, 2.05) is 60.0 Å². The molecule has 1 N–H and O–H groups in total. The van der Waals surface area contributed by atoms with Crippen LogP contribution in [-0.4, -0.2) is 24.5 Å². The molecule has 0 bridgehead atoms. The van der Waals surface area contributed by atoms with Gasteiger partial charge in [-0.1, -0.05) is 30.3 Å². The molecule has 4 nitrogen and oxygen atoms in total. The van der Waals surface area contributed by atoms with Crippen LogP contribution in [0.4, 0.5) is 0 Å². The minimum atomic E-state index is 0.0399. The molecule has 3 aromatic rings. The summed E-state index contributed by atoms with van der Waals surface area (Å²) in [5.74, 6) is 0.874. The number of hydrogen-bond acceptors (Lipinski definition) is 4. The van der Waals surface area contributed by atoms with E-state index >= 15 is 0 Å². The van der Waals surface area contributed by atoms with Gasteiger partial charge in [-0.05, 0) is 29.8 Å². The normalized spacial score (nSPS) is 10.4.